The van der Waals surface area contributed by atoms with E-state index in [1.807, 2.05) is 6.92 Å². The van der Waals surface area contributed by atoms with Crippen molar-refractivity contribution in [2.24, 2.45) is 0 Å². The van der Waals surface area contributed by atoms with E-state index < -0.39 is 17.7 Å². The molecule has 2 aromatic rings. The number of hydrogen-bond acceptors (Lipinski definition) is 2. The van der Waals surface area contributed by atoms with Gasteiger partial charge in [-0.25, -0.2) is 8.78 Å². The van der Waals surface area contributed by atoms with Crippen molar-refractivity contribution in [2.75, 3.05) is 6.54 Å². The van der Waals surface area contributed by atoms with Crippen LogP contribution in [0.1, 0.15) is 29.8 Å². The van der Waals surface area contributed by atoms with Gasteiger partial charge in [-0.1, -0.05) is 24.6 Å². The van der Waals surface area contributed by atoms with E-state index in [1.54, 1.807) is 12.1 Å². The fourth-order valence-electron chi connectivity index (χ4n) is 1.90. The quantitative estimate of drug-likeness (QED) is 0.839. The average Bonchev–Trinajstić information content (AvgIpc) is 2.79. The van der Waals surface area contributed by atoms with Crippen LogP contribution >= 0.6 is 22.9 Å². The summed E-state index contributed by atoms with van der Waals surface area (Å²) < 4.78 is 28.4. The lowest BCUT2D eigenvalue weighted by Crippen LogP contribution is -2.24. The van der Waals surface area contributed by atoms with E-state index in [1.165, 1.54) is 29.5 Å². The standard InChI is InChI=1S/C14H14ClF2NS/c1-2-8-18-14(11-6-7-12(15)19-11)13-9(16)4-3-5-10(13)17/h3-7,14,18H,2,8H2,1H3. The molecule has 0 bridgehead atoms. The van der Waals surface area contributed by atoms with Gasteiger partial charge in [-0.05, 0) is 37.2 Å². The van der Waals surface area contributed by atoms with Gasteiger partial charge in [0.1, 0.15) is 11.6 Å². The Morgan fingerprint density at radius 2 is 1.89 bits per heavy atom. The highest BCUT2D eigenvalue weighted by Gasteiger charge is 2.22. The summed E-state index contributed by atoms with van der Waals surface area (Å²) in [7, 11) is 0. The second-order valence-corrected chi connectivity index (χ2v) is 5.91. The van der Waals surface area contributed by atoms with Crippen molar-refractivity contribution < 1.29 is 8.78 Å². The van der Waals surface area contributed by atoms with Gasteiger partial charge in [-0.15, -0.1) is 11.3 Å². The third-order valence-corrected chi connectivity index (χ3v) is 4.06. The summed E-state index contributed by atoms with van der Waals surface area (Å²) in [4.78, 5) is 0.808. The molecular weight excluding hydrogens is 288 g/mol. The molecule has 0 spiro atoms. The Kier molecular flexibility index (Phi) is 4.91. The number of halogens is 3. The topological polar surface area (TPSA) is 12.0 Å². The van der Waals surface area contributed by atoms with E-state index in [0.717, 1.165) is 11.3 Å². The van der Waals surface area contributed by atoms with E-state index in [4.69, 9.17) is 11.6 Å². The van der Waals surface area contributed by atoms with Crippen molar-refractivity contribution >= 4 is 22.9 Å². The number of benzene rings is 1. The number of rotatable bonds is 5. The van der Waals surface area contributed by atoms with E-state index in [2.05, 4.69) is 5.32 Å². The lowest BCUT2D eigenvalue weighted by molar-refractivity contribution is 0.506. The van der Waals surface area contributed by atoms with Crippen molar-refractivity contribution in [1.82, 2.24) is 5.32 Å². The lowest BCUT2D eigenvalue weighted by atomic mass is 10.0. The van der Waals surface area contributed by atoms with Crippen molar-refractivity contribution in [3.05, 3.63) is 56.7 Å². The molecule has 0 saturated carbocycles. The van der Waals surface area contributed by atoms with Gasteiger partial charge in [0.2, 0.25) is 0 Å². The summed E-state index contributed by atoms with van der Waals surface area (Å²) in [6.45, 7) is 2.68. The number of nitrogens with one attached hydrogen (secondary N) is 1. The first-order valence-electron chi connectivity index (χ1n) is 6.06. The lowest BCUT2D eigenvalue weighted by Gasteiger charge is -2.19. The van der Waals surface area contributed by atoms with Crippen LogP contribution in [0.25, 0.3) is 0 Å². The smallest absolute Gasteiger partial charge is 0.131 e. The zero-order valence-corrected chi connectivity index (χ0v) is 12.0. The summed E-state index contributed by atoms with van der Waals surface area (Å²) in [5.41, 5.74) is 0.0504. The Balaban J connectivity index is 2.42. The van der Waals surface area contributed by atoms with Crippen molar-refractivity contribution in [3.8, 4) is 0 Å². The van der Waals surface area contributed by atoms with E-state index in [-0.39, 0.29) is 5.56 Å². The van der Waals surface area contributed by atoms with Crippen molar-refractivity contribution in [1.29, 1.82) is 0 Å². The fourth-order valence-corrected chi connectivity index (χ4v) is 3.05. The maximum atomic E-state index is 13.9. The van der Waals surface area contributed by atoms with Crippen LogP contribution in [0.4, 0.5) is 8.78 Å². The molecule has 1 N–H and O–H groups in total. The van der Waals surface area contributed by atoms with E-state index in [9.17, 15) is 8.78 Å². The van der Waals surface area contributed by atoms with Gasteiger partial charge in [0, 0.05) is 10.4 Å². The number of thiophene rings is 1. The Hall–Kier alpha value is -0.970. The molecule has 1 nitrogen and oxygen atoms in total. The highest BCUT2D eigenvalue weighted by molar-refractivity contribution is 7.16. The first-order chi connectivity index (χ1) is 9.13. The minimum Gasteiger partial charge on any atom is -0.305 e. The van der Waals surface area contributed by atoms with Crippen LogP contribution in [-0.4, -0.2) is 6.54 Å². The number of hydrogen-bond donors (Lipinski definition) is 1. The summed E-state index contributed by atoms with van der Waals surface area (Å²) >= 11 is 7.24. The third-order valence-electron chi connectivity index (χ3n) is 2.77. The predicted octanol–water partition coefficient (Wildman–Crippen LogP) is 4.77. The molecule has 1 unspecified atom stereocenters. The van der Waals surface area contributed by atoms with Crippen molar-refractivity contribution in [2.45, 2.75) is 19.4 Å². The molecule has 0 saturated heterocycles. The third kappa shape index (κ3) is 3.32. The molecule has 0 aliphatic carbocycles. The van der Waals surface area contributed by atoms with Crippen LogP contribution in [0.2, 0.25) is 4.34 Å². The highest BCUT2D eigenvalue weighted by Crippen LogP contribution is 2.33. The first-order valence-corrected chi connectivity index (χ1v) is 7.25. The van der Waals surface area contributed by atoms with E-state index >= 15 is 0 Å². The Morgan fingerprint density at radius 1 is 1.21 bits per heavy atom. The van der Waals surface area contributed by atoms with Gasteiger partial charge in [-0.3, -0.25) is 0 Å². The fraction of sp³-hybridized carbons (Fsp3) is 0.286. The van der Waals surface area contributed by atoms with Crippen molar-refractivity contribution in [3.63, 3.8) is 0 Å². The summed E-state index contributed by atoms with van der Waals surface area (Å²) in [5.74, 6) is -1.09. The molecule has 1 aromatic heterocycles. The van der Waals surface area contributed by atoms with Gasteiger partial charge >= 0.3 is 0 Å². The first kappa shape index (κ1) is 14.4. The van der Waals surface area contributed by atoms with Crippen LogP contribution in [0.15, 0.2) is 30.3 Å². The zero-order chi connectivity index (χ0) is 13.8. The van der Waals surface area contributed by atoms with Gasteiger partial charge in [-0.2, -0.15) is 0 Å². The minimum absolute atomic E-state index is 0.0504. The summed E-state index contributed by atoms with van der Waals surface area (Å²) in [6, 6.07) is 6.95. The largest absolute Gasteiger partial charge is 0.305 e. The predicted molar refractivity (Wildman–Crippen MR) is 75.8 cm³/mol. The Morgan fingerprint density at radius 3 is 2.42 bits per heavy atom. The zero-order valence-electron chi connectivity index (χ0n) is 10.4. The maximum absolute atomic E-state index is 13.9. The van der Waals surface area contributed by atoms with Gasteiger partial charge in [0.15, 0.2) is 0 Å². The van der Waals surface area contributed by atoms with Gasteiger partial charge in [0.05, 0.1) is 10.4 Å². The molecule has 0 radical (unpaired) electrons. The van der Waals surface area contributed by atoms with Gasteiger partial charge in [0.25, 0.3) is 0 Å². The molecule has 2 rings (SSSR count). The molecule has 0 amide bonds. The summed E-state index contributed by atoms with van der Waals surface area (Å²) in [5, 5.41) is 3.17. The maximum Gasteiger partial charge on any atom is 0.131 e. The second-order valence-electron chi connectivity index (χ2n) is 4.16. The van der Waals surface area contributed by atoms with Crippen LogP contribution < -0.4 is 5.32 Å². The molecule has 102 valence electrons. The monoisotopic (exact) mass is 301 g/mol. The van der Waals surface area contributed by atoms with Crippen LogP contribution in [-0.2, 0) is 0 Å². The molecule has 19 heavy (non-hydrogen) atoms. The van der Waals surface area contributed by atoms with E-state index in [0.29, 0.717) is 10.9 Å². The molecule has 1 heterocycles. The molecule has 1 aromatic carbocycles. The van der Waals surface area contributed by atoms with Crippen LogP contribution in [0, 0.1) is 11.6 Å². The average molecular weight is 302 g/mol. The molecule has 0 aliphatic rings. The van der Waals surface area contributed by atoms with Gasteiger partial charge < -0.3 is 5.32 Å². The molecular formula is C14H14ClF2NS. The van der Waals surface area contributed by atoms with Crippen LogP contribution in [0.5, 0.6) is 0 Å². The molecule has 0 aliphatic heterocycles. The molecule has 5 heteroatoms. The minimum atomic E-state index is -0.543. The normalized spacial score (nSPS) is 12.6. The Labute approximate surface area is 120 Å². The summed E-state index contributed by atoms with van der Waals surface area (Å²) in [6.07, 6.45) is 0.881. The Bertz CT molecular complexity index is 536. The highest BCUT2D eigenvalue weighted by atomic mass is 35.5. The van der Waals surface area contributed by atoms with Crippen LogP contribution in [0.3, 0.4) is 0 Å². The second kappa shape index (κ2) is 6.46. The molecule has 1 atom stereocenters. The SMILES string of the molecule is CCCNC(c1ccc(Cl)s1)c1c(F)cccc1F. The molecule has 0 fully saturated rings.